The zero-order valence-electron chi connectivity index (χ0n) is 26.3. The Morgan fingerprint density at radius 3 is 0.375 bits per heavy atom. The second-order valence-electron chi connectivity index (χ2n) is 14.9. The topological polar surface area (TPSA) is 0 Å². The van der Waals surface area contributed by atoms with Crippen LogP contribution in [0, 0.1) is 0 Å². The molecule has 0 nitrogen and oxygen atoms in total. The fraction of sp³-hybridized carbons (Fsp3) is 0.125. The average Bonchev–Trinajstić information content (AvgIpc) is 3.17. The molecule has 0 amide bonds. The third-order valence-electron chi connectivity index (χ3n) is 13.2. The van der Waals surface area contributed by atoms with Crippen LogP contribution in [0.1, 0.15) is 136 Å². The quantitative estimate of drug-likeness (QED) is 0.161. The van der Waals surface area contributed by atoms with Gasteiger partial charge in [0.05, 0.1) is 0 Å². The molecule has 0 spiro atoms. The van der Waals surface area contributed by atoms with E-state index in [1.165, 1.54) is 66.8 Å². The van der Waals surface area contributed by atoms with Gasteiger partial charge in [-0.25, -0.2) is 0 Å². The van der Waals surface area contributed by atoms with Gasteiger partial charge in [-0.2, -0.15) is 0 Å². The fourth-order valence-electron chi connectivity index (χ4n) is 11.8. The van der Waals surface area contributed by atoms with Gasteiger partial charge in [0.1, 0.15) is 0 Å². The number of hydrogen-bond donors (Lipinski definition) is 0. The second-order valence-corrected chi connectivity index (χ2v) is 14.9. The lowest BCUT2D eigenvalue weighted by Crippen LogP contribution is -2.40. The summed E-state index contributed by atoms with van der Waals surface area (Å²) in [5.74, 6) is 1.42. The van der Waals surface area contributed by atoms with Gasteiger partial charge in [0.15, 0.2) is 0 Å². The van der Waals surface area contributed by atoms with E-state index in [-0.39, 0.29) is 35.5 Å². The lowest BCUT2D eigenvalue weighted by Gasteiger charge is -2.54. The smallest absolute Gasteiger partial charge is 0.0352 e. The minimum Gasteiger partial charge on any atom is -0.0619 e. The van der Waals surface area contributed by atoms with Crippen molar-refractivity contribution in [1.29, 1.82) is 0 Å². The summed E-state index contributed by atoms with van der Waals surface area (Å²) in [6, 6.07) is 56.6. The zero-order valence-corrected chi connectivity index (χ0v) is 26.3. The van der Waals surface area contributed by atoms with Crippen molar-refractivity contribution in [3.8, 4) is 0 Å². The van der Waals surface area contributed by atoms with Crippen LogP contribution in [-0.2, 0) is 0 Å². The fourth-order valence-corrected chi connectivity index (χ4v) is 11.8. The van der Waals surface area contributed by atoms with Gasteiger partial charge in [0.2, 0.25) is 0 Å². The molecule has 0 aliphatic heterocycles. The predicted molar refractivity (Wildman–Crippen MR) is 191 cm³/mol. The third kappa shape index (κ3) is 2.59. The van der Waals surface area contributed by atoms with Gasteiger partial charge in [0.25, 0.3) is 0 Å². The van der Waals surface area contributed by atoms with Crippen LogP contribution in [0.2, 0.25) is 0 Å². The molecule has 0 atom stereocenters. The van der Waals surface area contributed by atoms with Crippen LogP contribution in [0.15, 0.2) is 146 Å². The van der Waals surface area contributed by atoms with Crippen molar-refractivity contribution in [3.63, 3.8) is 0 Å². The van der Waals surface area contributed by atoms with Crippen molar-refractivity contribution in [3.05, 3.63) is 246 Å². The van der Waals surface area contributed by atoms with Crippen molar-refractivity contribution in [1.82, 2.24) is 0 Å². The van der Waals surface area contributed by atoms with E-state index in [0.29, 0.717) is 0 Å². The van der Waals surface area contributed by atoms with E-state index in [9.17, 15) is 0 Å². The Kier molecular flexibility index (Phi) is 4.28. The van der Waals surface area contributed by atoms with Crippen LogP contribution < -0.4 is 0 Å². The van der Waals surface area contributed by atoms with Gasteiger partial charge in [0, 0.05) is 35.5 Å². The summed E-state index contributed by atoms with van der Waals surface area (Å²) in [7, 11) is 0. The number of rotatable bonds is 0. The van der Waals surface area contributed by atoms with E-state index in [1.54, 1.807) is 33.4 Å². The molecule has 9 aliphatic rings. The standard InChI is InChI=1S/C48H30/c1-2-14-26-25(13-1)37-27-15-3-4-16-28(27)38(26)44-43(37)45-39-29-17-5-7-19-31(29)41(32-20-8-6-18-30(32)39)47(45)48-42-35-23-11-9-21-33(35)40(46(44)48)34-22-10-12-24-36(34)42/h1-24,37-42H. The van der Waals surface area contributed by atoms with Crippen LogP contribution >= 0.6 is 0 Å². The highest BCUT2D eigenvalue weighted by molar-refractivity contribution is 5.84. The maximum atomic E-state index is 2.44. The summed E-state index contributed by atoms with van der Waals surface area (Å²) >= 11 is 0. The molecular weight excluding hydrogens is 577 g/mol. The van der Waals surface area contributed by atoms with Crippen molar-refractivity contribution < 1.29 is 0 Å². The molecule has 16 rings (SSSR count). The van der Waals surface area contributed by atoms with E-state index >= 15 is 0 Å². The van der Waals surface area contributed by atoms with E-state index in [0.717, 1.165) is 0 Å². The van der Waals surface area contributed by atoms with Gasteiger partial charge in [-0.1, -0.05) is 146 Å². The largest absolute Gasteiger partial charge is 0.0619 e. The van der Waals surface area contributed by atoms with Gasteiger partial charge in [-0.05, 0) is 100 Å². The highest BCUT2D eigenvalue weighted by Gasteiger charge is 2.55. The predicted octanol–water partition coefficient (Wildman–Crippen LogP) is 10.6. The van der Waals surface area contributed by atoms with Gasteiger partial charge >= 0.3 is 0 Å². The molecule has 0 N–H and O–H groups in total. The lowest BCUT2D eigenvalue weighted by atomic mass is 9.48. The minimum atomic E-state index is 0.237. The molecule has 7 aromatic rings. The molecule has 0 fully saturated rings. The average molecular weight is 607 g/mol. The van der Waals surface area contributed by atoms with Crippen LogP contribution in [0.5, 0.6) is 0 Å². The maximum absolute atomic E-state index is 2.44. The van der Waals surface area contributed by atoms with Crippen LogP contribution in [-0.4, -0.2) is 0 Å². The highest BCUT2D eigenvalue weighted by atomic mass is 14.6. The first kappa shape index (κ1) is 24.7. The third-order valence-corrected chi connectivity index (χ3v) is 13.2. The molecule has 6 bridgehead atoms. The lowest BCUT2D eigenvalue weighted by molar-refractivity contribution is 0.643. The molecule has 222 valence electrons. The van der Waals surface area contributed by atoms with E-state index in [4.69, 9.17) is 0 Å². The summed E-state index contributed by atoms with van der Waals surface area (Å²) in [6.07, 6.45) is 0. The summed E-state index contributed by atoms with van der Waals surface area (Å²) in [4.78, 5) is 0. The molecule has 0 heteroatoms. The second kappa shape index (κ2) is 8.33. The molecule has 0 heterocycles. The maximum Gasteiger partial charge on any atom is 0.0352 e. The van der Waals surface area contributed by atoms with Crippen LogP contribution in [0.3, 0.4) is 0 Å². The molecular formula is C48H30. The summed E-state index contributed by atoms with van der Waals surface area (Å²) in [6.45, 7) is 0. The van der Waals surface area contributed by atoms with Crippen LogP contribution in [0.25, 0.3) is 0 Å². The van der Waals surface area contributed by atoms with E-state index < -0.39 is 0 Å². The molecule has 0 unspecified atom stereocenters. The first-order valence-corrected chi connectivity index (χ1v) is 17.7. The first-order chi connectivity index (χ1) is 23.9. The SMILES string of the molecule is c1ccc2c(c1)C1c3ccccc3C2c2c1c1c(c3c2C2c4ccccc4C3c3ccccc32)C2c3ccccc3C1c1ccccc12. The monoisotopic (exact) mass is 606 g/mol. The normalized spacial score (nSPS) is 24.2. The molecule has 48 heavy (non-hydrogen) atoms. The molecule has 0 saturated heterocycles. The summed E-state index contributed by atoms with van der Waals surface area (Å²) in [5, 5.41) is 0. The Balaban J connectivity index is 1.27. The molecule has 9 aliphatic carbocycles. The van der Waals surface area contributed by atoms with Crippen molar-refractivity contribution >= 4 is 0 Å². The van der Waals surface area contributed by atoms with Gasteiger partial charge in [-0.15, -0.1) is 0 Å². The highest BCUT2D eigenvalue weighted by Crippen LogP contribution is 2.70. The zero-order chi connectivity index (χ0) is 30.8. The molecule has 7 aromatic carbocycles. The molecule has 0 saturated carbocycles. The van der Waals surface area contributed by atoms with Crippen molar-refractivity contribution in [2.24, 2.45) is 0 Å². The molecule has 0 aromatic heterocycles. The Labute approximate surface area is 280 Å². The van der Waals surface area contributed by atoms with Crippen molar-refractivity contribution in [2.45, 2.75) is 35.5 Å². The summed E-state index contributed by atoms with van der Waals surface area (Å²) in [5.41, 5.74) is 28.0. The van der Waals surface area contributed by atoms with Crippen molar-refractivity contribution in [2.75, 3.05) is 0 Å². The van der Waals surface area contributed by atoms with Gasteiger partial charge in [-0.3, -0.25) is 0 Å². The van der Waals surface area contributed by atoms with E-state index in [1.807, 2.05) is 0 Å². The molecule has 0 radical (unpaired) electrons. The number of hydrogen-bond acceptors (Lipinski definition) is 0. The number of benzene rings is 7. The Bertz CT molecular complexity index is 1990. The summed E-state index contributed by atoms with van der Waals surface area (Å²) < 4.78 is 0. The Morgan fingerprint density at radius 1 is 0.167 bits per heavy atom. The van der Waals surface area contributed by atoms with Gasteiger partial charge < -0.3 is 0 Å². The van der Waals surface area contributed by atoms with Crippen LogP contribution in [0.4, 0.5) is 0 Å². The first-order valence-electron chi connectivity index (χ1n) is 17.7. The van der Waals surface area contributed by atoms with E-state index in [2.05, 4.69) is 146 Å². The Hall–Kier alpha value is -5.46. The minimum absolute atomic E-state index is 0.237. The Morgan fingerprint density at radius 2 is 0.271 bits per heavy atom.